The Bertz CT molecular complexity index is 1820. The molecule has 8 nitrogen and oxygen atoms in total. The standard InChI is InChI=1S/C28H24N4O4S3/c33-26-12-7-20-4-1-2-5-23(20)24(26)18-29-32-25(27-6-3-17-37-27)19-38-28(32)30-21-8-10-22(11-9-21)39(34,35)31-13-15-36-16-14-31/h1-12,17-19,33H,13-16H2. The number of hydrogen-bond donors (Lipinski definition) is 1. The van der Waals surface area contributed by atoms with Crippen LogP contribution in [0.5, 0.6) is 5.75 Å². The molecule has 198 valence electrons. The molecular weight excluding hydrogens is 553 g/mol. The molecule has 3 aromatic carbocycles. The number of benzene rings is 3. The third-order valence-electron chi connectivity index (χ3n) is 6.38. The summed E-state index contributed by atoms with van der Waals surface area (Å²) in [5.41, 5.74) is 2.09. The number of phenolic OH excluding ortho intramolecular Hbond substituents is 1. The quantitative estimate of drug-likeness (QED) is 0.279. The monoisotopic (exact) mass is 576 g/mol. The van der Waals surface area contributed by atoms with Crippen LogP contribution in [0.25, 0.3) is 21.3 Å². The SMILES string of the molecule is O=S(=O)(c1ccc(N=c2scc(-c3cccs3)n2N=Cc2c(O)ccc3ccccc23)cc1)N1CCOCC1. The van der Waals surface area contributed by atoms with Gasteiger partial charge in [-0.3, -0.25) is 0 Å². The minimum atomic E-state index is -3.58. The summed E-state index contributed by atoms with van der Waals surface area (Å²) in [5, 5.41) is 21.2. The first-order valence-corrected chi connectivity index (χ1v) is 15.4. The van der Waals surface area contributed by atoms with Gasteiger partial charge < -0.3 is 9.84 Å². The van der Waals surface area contributed by atoms with Crippen molar-refractivity contribution in [3.05, 3.63) is 93.9 Å². The van der Waals surface area contributed by atoms with Gasteiger partial charge in [0.15, 0.2) is 0 Å². The molecule has 6 rings (SSSR count). The zero-order chi connectivity index (χ0) is 26.8. The number of phenols is 1. The molecule has 1 saturated heterocycles. The first-order chi connectivity index (χ1) is 19.0. The average molecular weight is 577 g/mol. The van der Waals surface area contributed by atoms with Gasteiger partial charge in [-0.05, 0) is 52.6 Å². The molecule has 39 heavy (non-hydrogen) atoms. The highest BCUT2D eigenvalue weighted by Gasteiger charge is 2.26. The Kier molecular flexibility index (Phi) is 7.15. The number of sulfonamides is 1. The maximum atomic E-state index is 13.0. The first kappa shape index (κ1) is 25.7. The summed E-state index contributed by atoms with van der Waals surface area (Å²) < 4.78 is 34.4. The fourth-order valence-corrected chi connectivity index (χ4v) is 7.41. The van der Waals surface area contributed by atoms with Crippen molar-refractivity contribution in [1.29, 1.82) is 0 Å². The Morgan fingerprint density at radius 1 is 0.923 bits per heavy atom. The fourth-order valence-electron chi connectivity index (χ4n) is 4.36. The van der Waals surface area contributed by atoms with Crippen molar-refractivity contribution in [2.24, 2.45) is 10.1 Å². The second-order valence-electron chi connectivity index (χ2n) is 8.78. The van der Waals surface area contributed by atoms with Crippen LogP contribution < -0.4 is 4.80 Å². The summed E-state index contributed by atoms with van der Waals surface area (Å²) >= 11 is 3.03. The van der Waals surface area contributed by atoms with E-state index in [9.17, 15) is 13.5 Å². The Labute approximate surface area is 233 Å². The summed E-state index contributed by atoms with van der Waals surface area (Å²) in [6, 6.07) is 21.9. The maximum absolute atomic E-state index is 13.0. The predicted octanol–water partition coefficient (Wildman–Crippen LogP) is 5.27. The van der Waals surface area contributed by atoms with Crippen molar-refractivity contribution in [1.82, 2.24) is 8.98 Å². The summed E-state index contributed by atoms with van der Waals surface area (Å²) in [7, 11) is -3.58. The molecule has 0 aliphatic carbocycles. The molecule has 0 radical (unpaired) electrons. The van der Waals surface area contributed by atoms with E-state index in [1.54, 1.807) is 52.6 Å². The number of aromatic nitrogens is 1. The molecule has 1 fully saturated rings. The lowest BCUT2D eigenvalue weighted by molar-refractivity contribution is 0.0730. The predicted molar refractivity (Wildman–Crippen MR) is 155 cm³/mol. The van der Waals surface area contributed by atoms with Crippen LogP contribution in [-0.4, -0.2) is 55.0 Å². The van der Waals surface area contributed by atoms with Gasteiger partial charge in [-0.2, -0.15) is 9.41 Å². The lowest BCUT2D eigenvalue weighted by Gasteiger charge is -2.26. The van der Waals surface area contributed by atoms with Crippen LogP contribution in [0.2, 0.25) is 0 Å². The number of aromatic hydroxyl groups is 1. The molecule has 3 heterocycles. The topological polar surface area (TPSA) is 96.5 Å². The van der Waals surface area contributed by atoms with Gasteiger partial charge in [-0.25, -0.2) is 18.1 Å². The van der Waals surface area contributed by atoms with Crippen molar-refractivity contribution < 1.29 is 18.3 Å². The molecule has 2 aromatic heterocycles. The van der Waals surface area contributed by atoms with E-state index in [1.165, 1.54) is 15.6 Å². The van der Waals surface area contributed by atoms with Crippen molar-refractivity contribution in [3.8, 4) is 16.3 Å². The molecule has 11 heteroatoms. The van der Waals surface area contributed by atoms with Crippen molar-refractivity contribution in [2.75, 3.05) is 26.3 Å². The molecule has 0 atom stereocenters. The van der Waals surface area contributed by atoms with Gasteiger partial charge in [-0.15, -0.1) is 22.7 Å². The number of thiazole rings is 1. The lowest BCUT2D eigenvalue weighted by Crippen LogP contribution is -2.40. The Morgan fingerprint density at radius 3 is 2.49 bits per heavy atom. The van der Waals surface area contributed by atoms with Gasteiger partial charge in [0, 0.05) is 24.0 Å². The zero-order valence-electron chi connectivity index (χ0n) is 20.7. The van der Waals surface area contributed by atoms with Crippen LogP contribution in [0.3, 0.4) is 0 Å². The van der Waals surface area contributed by atoms with E-state index >= 15 is 0 Å². The number of thiophene rings is 1. The maximum Gasteiger partial charge on any atom is 0.243 e. The average Bonchev–Trinajstić information content (AvgIpc) is 3.64. The van der Waals surface area contributed by atoms with Gasteiger partial charge in [0.2, 0.25) is 14.8 Å². The van der Waals surface area contributed by atoms with Crippen LogP contribution >= 0.6 is 22.7 Å². The minimum Gasteiger partial charge on any atom is -0.507 e. The lowest BCUT2D eigenvalue weighted by atomic mass is 10.0. The van der Waals surface area contributed by atoms with Gasteiger partial charge in [0.1, 0.15) is 5.75 Å². The molecule has 0 amide bonds. The number of fused-ring (bicyclic) bond motifs is 1. The normalized spacial score (nSPS) is 15.4. The summed E-state index contributed by atoms with van der Waals surface area (Å²) in [6.45, 7) is 1.49. The smallest absolute Gasteiger partial charge is 0.243 e. The molecule has 0 bridgehead atoms. The number of hydrogen-bond acceptors (Lipinski definition) is 8. The van der Waals surface area contributed by atoms with Crippen LogP contribution in [0, 0.1) is 0 Å². The molecule has 1 aliphatic heterocycles. The Balaban J connectivity index is 1.39. The van der Waals surface area contributed by atoms with Crippen LogP contribution in [0.1, 0.15) is 5.56 Å². The van der Waals surface area contributed by atoms with E-state index in [2.05, 4.69) is 0 Å². The highest BCUT2D eigenvalue weighted by Crippen LogP contribution is 2.28. The van der Waals surface area contributed by atoms with Gasteiger partial charge in [0.05, 0.1) is 40.6 Å². The van der Waals surface area contributed by atoms with Gasteiger partial charge >= 0.3 is 0 Å². The number of morpholine rings is 1. The van der Waals surface area contributed by atoms with E-state index in [0.29, 0.717) is 42.4 Å². The first-order valence-electron chi connectivity index (χ1n) is 12.2. The van der Waals surface area contributed by atoms with E-state index in [4.69, 9.17) is 14.8 Å². The summed E-state index contributed by atoms with van der Waals surface area (Å²) in [6.07, 6.45) is 1.65. The molecule has 1 aliphatic rings. The van der Waals surface area contributed by atoms with E-state index in [-0.39, 0.29) is 10.6 Å². The summed E-state index contributed by atoms with van der Waals surface area (Å²) in [5.74, 6) is 0.140. The highest BCUT2D eigenvalue weighted by atomic mass is 32.2. The molecule has 0 unspecified atom stereocenters. The number of rotatable bonds is 6. The van der Waals surface area contributed by atoms with E-state index < -0.39 is 10.0 Å². The number of nitrogens with zero attached hydrogens (tertiary/aromatic N) is 4. The molecular formula is C28H24N4O4S3. The zero-order valence-corrected chi connectivity index (χ0v) is 23.1. The fraction of sp³-hybridized carbons (Fsp3) is 0.143. The van der Waals surface area contributed by atoms with Gasteiger partial charge in [-0.1, -0.05) is 36.4 Å². The Hall–Kier alpha value is -3.61. The molecule has 0 saturated carbocycles. The highest BCUT2D eigenvalue weighted by molar-refractivity contribution is 7.89. The molecule has 5 aromatic rings. The molecule has 0 spiro atoms. The molecule has 1 N–H and O–H groups in total. The van der Waals surface area contributed by atoms with Crippen LogP contribution in [0.4, 0.5) is 5.69 Å². The largest absolute Gasteiger partial charge is 0.507 e. The van der Waals surface area contributed by atoms with E-state index in [0.717, 1.165) is 21.3 Å². The van der Waals surface area contributed by atoms with Crippen molar-refractivity contribution in [3.63, 3.8) is 0 Å². The second-order valence-corrected chi connectivity index (χ2v) is 12.5. The Morgan fingerprint density at radius 2 is 1.72 bits per heavy atom. The van der Waals surface area contributed by atoms with Crippen molar-refractivity contribution >= 4 is 55.4 Å². The third-order valence-corrected chi connectivity index (χ3v) is 10.00. The van der Waals surface area contributed by atoms with E-state index in [1.807, 2.05) is 53.2 Å². The third kappa shape index (κ3) is 5.19. The van der Waals surface area contributed by atoms with Crippen LogP contribution in [-0.2, 0) is 14.8 Å². The summed E-state index contributed by atoms with van der Waals surface area (Å²) in [4.78, 5) is 6.65. The van der Waals surface area contributed by atoms with Gasteiger partial charge in [0.25, 0.3) is 0 Å². The van der Waals surface area contributed by atoms with Crippen molar-refractivity contribution in [2.45, 2.75) is 4.90 Å². The minimum absolute atomic E-state index is 0.140. The van der Waals surface area contributed by atoms with Crippen LogP contribution in [0.15, 0.2) is 98.5 Å². The second kappa shape index (κ2) is 10.9. The number of ether oxygens (including phenoxy) is 1.